The first-order valence-corrected chi connectivity index (χ1v) is 9.44. The van der Waals surface area contributed by atoms with Gasteiger partial charge in [0.1, 0.15) is 12.4 Å². The molecule has 0 aliphatic carbocycles. The van der Waals surface area contributed by atoms with Gasteiger partial charge in [-0.3, -0.25) is 9.59 Å². The molecule has 0 radical (unpaired) electrons. The van der Waals surface area contributed by atoms with Crippen molar-refractivity contribution in [2.45, 2.75) is 18.1 Å². The summed E-state index contributed by atoms with van der Waals surface area (Å²) in [4.78, 5) is 24.6. The molecule has 0 saturated heterocycles. The van der Waals surface area contributed by atoms with Gasteiger partial charge in [-0.05, 0) is 13.0 Å². The van der Waals surface area contributed by atoms with Gasteiger partial charge in [-0.1, -0.05) is 42.1 Å². The minimum absolute atomic E-state index is 0.256. The number of hydrogen-bond acceptors (Lipinski definition) is 6. The fraction of sp³-hybridized carbons (Fsp3) is 0.278. The van der Waals surface area contributed by atoms with Crippen LogP contribution in [0.4, 0.5) is 0 Å². The van der Waals surface area contributed by atoms with Crippen LogP contribution in [-0.4, -0.2) is 42.7 Å². The van der Waals surface area contributed by atoms with Crippen molar-refractivity contribution in [1.29, 1.82) is 0 Å². The predicted octanol–water partition coefficient (Wildman–Crippen LogP) is 1.51. The largest absolute Gasteiger partial charge is 0.353 e. The second kappa shape index (κ2) is 8.63. The fourth-order valence-corrected chi connectivity index (χ4v) is 3.19. The Morgan fingerprint density at radius 3 is 2.70 bits per heavy atom. The highest BCUT2D eigenvalue weighted by atomic mass is 32.2. The summed E-state index contributed by atoms with van der Waals surface area (Å²) in [7, 11) is 1.86. The van der Waals surface area contributed by atoms with Crippen molar-refractivity contribution in [3.8, 4) is 11.3 Å². The Bertz CT molecular complexity index is 969. The Morgan fingerprint density at radius 2 is 2.00 bits per heavy atom. The standard InChI is InChI=1S/C18H20N6O2S/c1-13(17(26)19-10-11-27-18-21-20-12-23(18)2)24-16(25)9-8-15(22-24)14-6-4-3-5-7-14/h3-9,12-13H,10-11H2,1-2H3,(H,19,26). The molecule has 3 aromatic rings. The number of carbonyl (C=O) groups is 1. The van der Waals surface area contributed by atoms with Crippen molar-refractivity contribution in [3.63, 3.8) is 0 Å². The van der Waals surface area contributed by atoms with E-state index in [1.54, 1.807) is 19.3 Å². The molecule has 1 atom stereocenters. The fourth-order valence-electron chi connectivity index (χ4n) is 2.44. The Labute approximate surface area is 160 Å². The summed E-state index contributed by atoms with van der Waals surface area (Å²) in [6, 6.07) is 11.9. The SMILES string of the molecule is CC(C(=O)NCCSc1nncn1C)n1nc(-c2ccccc2)ccc1=O. The van der Waals surface area contributed by atoms with Gasteiger partial charge in [0, 0.05) is 31.0 Å². The number of nitrogens with zero attached hydrogens (tertiary/aromatic N) is 5. The van der Waals surface area contributed by atoms with Crippen LogP contribution in [0.3, 0.4) is 0 Å². The van der Waals surface area contributed by atoms with E-state index in [-0.39, 0.29) is 11.5 Å². The highest BCUT2D eigenvalue weighted by Gasteiger charge is 2.17. The van der Waals surface area contributed by atoms with E-state index >= 15 is 0 Å². The molecule has 27 heavy (non-hydrogen) atoms. The third-order valence-electron chi connectivity index (χ3n) is 3.94. The molecule has 2 aromatic heterocycles. The average Bonchev–Trinajstić information content (AvgIpc) is 3.10. The van der Waals surface area contributed by atoms with E-state index in [9.17, 15) is 9.59 Å². The molecule has 1 unspecified atom stereocenters. The smallest absolute Gasteiger partial charge is 0.267 e. The lowest BCUT2D eigenvalue weighted by atomic mass is 10.1. The van der Waals surface area contributed by atoms with Gasteiger partial charge in [-0.2, -0.15) is 5.10 Å². The molecule has 140 valence electrons. The van der Waals surface area contributed by atoms with Crippen LogP contribution in [0.15, 0.2) is 58.7 Å². The first-order chi connectivity index (χ1) is 13.1. The molecule has 0 aliphatic heterocycles. The Morgan fingerprint density at radius 1 is 1.22 bits per heavy atom. The number of aryl methyl sites for hydroxylation is 1. The third-order valence-corrected chi connectivity index (χ3v) is 4.98. The summed E-state index contributed by atoms with van der Waals surface area (Å²) < 4.78 is 3.03. The summed E-state index contributed by atoms with van der Waals surface area (Å²) in [6.45, 7) is 2.11. The normalized spacial score (nSPS) is 11.9. The molecule has 0 bridgehead atoms. The van der Waals surface area contributed by atoms with Crippen molar-refractivity contribution < 1.29 is 4.79 Å². The first kappa shape index (κ1) is 18.8. The molecule has 1 N–H and O–H groups in total. The number of carbonyl (C=O) groups excluding carboxylic acids is 1. The molecule has 0 spiro atoms. The maximum absolute atomic E-state index is 12.4. The van der Waals surface area contributed by atoms with E-state index in [4.69, 9.17) is 0 Å². The van der Waals surface area contributed by atoms with E-state index < -0.39 is 6.04 Å². The lowest BCUT2D eigenvalue weighted by Crippen LogP contribution is -2.37. The van der Waals surface area contributed by atoms with Gasteiger partial charge in [0.15, 0.2) is 5.16 Å². The second-order valence-corrected chi connectivity index (χ2v) is 6.97. The minimum atomic E-state index is -0.707. The molecule has 1 amide bonds. The summed E-state index contributed by atoms with van der Waals surface area (Å²) in [6.07, 6.45) is 1.63. The molecule has 1 aromatic carbocycles. The molecule has 3 rings (SSSR count). The second-order valence-electron chi connectivity index (χ2n) is 5.91. The first-order valence-electron chi connectivity index (χ1n) is 8.46. The van der Waals surface area contributed by atoms with E-state index in [2.05, 4.69) is 20.6 Å². The molecule has 0 aliphatic rings. The van der Waals surface area contributed by atoms with Gasteiger partial charge in [-0.15, -0.1) is 10.2 Å². The minimum Gasteiger partial charge on any atom is -0.353 e. The van der Waals surface area contributed by atoms with Crippen molar-refractivity contribution in [1.82, 2.24) is 29.9 Å². The summed E-state index contributed by atoms with van der Waals surface area (Å²) >= 11 is 1.50. The number of benzene rings is 1. The van der Waals surface area contributed by atoms with Gasteiger partial charge in [0.05, 0.1) is 5.69 Å². The molecule has 0 fully saturated rings. The molecule has 9 heteroatoms. The topological polar surface area (TPSA) is 94.7 Å². The number of amides is 1. The molecular weight excluding hydrogens is 364 g/mol. The van der Waals surface area contributed by atoms with E-state index in [1.165, 1.54) is 22.5 Å². The van der Waals surface area contributed by atoms with Crippen LogP contribution in [0.25, 0.3) is 11.3 Å². The Kier molecular flexibility index (Phi) is 6.02. The van der Waals surface area contributed by atoms with Crippen LogP contribution in [0.5, 0.6) is 0 Å². The molecule has 0 saturated carbocycles. The lowest BCUT2D eigenvalue weighted by Gasteiger charge is -2.15. The van der Waals surface area contributed by atoms with Gasteiger partial charge >= 0.3 is 0 Å². The predicted molar refractivity (Wildman–Crippen MR) is 103 cm³/mol. The Balaban J connectivity index is 1.62. The van der Waals surface area contributed by atoms with Crippen LogP contribution in [0, 0.1) is 0 Å². The molecule has 8 nitrogen and oxygen atoms in total. The van der Waals surface area contributed by atoms with Crippen molar-refractivity contribution in [2.75, 3.05) is 12.3 Å². The van der Waals surface area contributed by atoms with E-state index in [0.717, 1.165) is 10.7 Å². The molecular formula is C18H20N6O2S. The maximum atomic E-state index is 12.4. The number of aromatic nitrogens is 5. The van der Waals surface area contributed by atoms with Crippen molar-refractivity contribution in [3.05, 3.63) is 59.1 Å². The lowest BCUT2D eigenvalue weighted by molar-refractivity contribution is -0.124. The number of hydrogen-bond donors (Lipinski definition) is 1. The number of thioether (sulfide) groups is 1. The van der Waals surface area contributed by atoms with Gasteiger partial charge in [0.25, 0.3) is 5.56 Å². The zero-order valence-corrected chi connectivity index (χ0v) is 15.9. The quantitative estimate of drug-likeness (QED) is 0.490. The summed E-state index contributed by atoms with van der Waals surface area (Å²) in [5.74, 6) is 0.394. The summed E-state index contributed by atoms with van der Waals surface area (Å²) in [5.41, 5.74) is 1.22. The zero-order valence-electron chi connectivity index (χ0n) is 15.1. The van der Waals surface area contributed by atoms with Crippen LogP contribution in [-0.2, 0) is 11.8 Å². The van der Waals surface area contributed by atoms with Gasteiger partial charge in [0.2, 0.25) is 5.91 Å². The highest BCUT2D eigenvalue weighted by Crippen LogP contribution is 2.15. The van der Waals surface area contributed by atoms with Gasteiger partial charge < -0.3 is 9.88 Å². The Hall–Kier alpha value is -2.94. The summed E-state index contributed by atoms with van der Waals surface area (Å²) in [5, 5.41) is 15.8. The average molecular weight is 384 g/mol. The van der Waals surface area contributed by atoms with Crippen LogP contribution in [0.2, 0.25) is 0 Å². The maximum Gasteiger partial charge on any atom is 0.267 e. The van der Waals surface area contributed by atoms with Gasteiger partial charge in [-0.25, -0.2) is 4.68 Å². The highest BCUT2D eigenvalue weighted by molar-refractivity contribution is 7.99. The van der Waals surface area contributed by atoms with E-state index in [0.29, 0.717) is 18.0 Å². The van der Waals surface area contributed by atoms with Crippen LogP contribution < -0.4 is 10.9 Å². The van der Waals surface area contributed by atoms with Crippen LogP contribution >= 0.6 is 11.8 Å². The third kappa shape index (κ3) is 4.62. The van der Waals surface area contributed by atoms with Crippen molar-refractivity contribution >= 4 is 17.7 Å². The zero-order chi connectivity index (χ0) is 19.2. The number of nitrogens with one attached hydrogen (secondary N) is 1. The monoisotopic (exact) mass is 384 g/mol. The number of rotatable bonds is 7. The van der Waals surface area contributed by atoms with E-state index in [1.807, 2.05) is 41.9 Å². The molecule has 2 heterocycles. The van der Waals surface area contributed by atoms with Crippen molar-refractivity contribution in [2.24, 2.45) is 7.05 Å². The van der Waals surface area contributed by atoms with Crippen LogP contribution in [0.1, 0.15) is 13.0 Å².